The van der Waals surface area contributed by atoms with Gasteiger partial charge in [-0.3, -0.25) is 9.59 Å². The Kier molecular flexibility index (Phi) is 6.37. The number of furan rings is 1. The number of benzene rings is 2. The van der Waals surface area contributed by atoms with E-state index in [1.807, 2.05) is 0 Å². The van der Waals surface area contributed by atoms with Gasteiger partial charge in [0.15, 0.2) is 5.76 Å². The number of aryl methyl sites for hydroxylation is 1. The van der Waals surface area contributed by atoms with Crippen LogP contribution in [0.2, 0.25) is 5.02 Å². The maximum absolute atomic E-state index is 13.0. The molecule has 0 fully saturated rings. The largest absolute Gasteiger partial charge is 0.507 e. The molecule has 0 saturated carbocycles. The molecule has 0 aliphatic heterocycles. The summed E-state index contributed by atoms with van der Waals surface area (Å²) < 4.78 is 11.2. The number of para-hydroxylation sites is 1. The minimum absolute atomic E-state index is 0.123. The first-order valence-corrected chi connectivity index (χ1v) is 10.7. The van der Waals surface area contributed by atoms with Crippen molar-refractivity contribution >= 4 is 34.8 Å². The lowest BCUT2D eigenvalue weighted by atomic mass is 9.93. The highest BCUT2D eigenvalue weighted by molar-refractivity contribution is 6.31. The molecule has 0 saturated heterocycles. The standard InChI is InChI=1S/C24H22ClN3O5/c1-13-21-16(27-28-23(30)15-6-3-4-8-18(15)29)7-5-9-20(21)33-22(13)24(31)26-17-12-14(25)10-11-19(17)32-2/h3-4,6,8,10-12,29H,5,7,9H2,1-2H3,(H,26,31)(H,28,30)/b27-16+. The van der Waals surface area contributed by atoms with Gasteiger partial charge in [0.1, 0.15) is 17.3 Å². The van der Waals surface area contributed by atoms with Crippen molar-refractivity contribution in [3.05, 3.63) is 75.7 Å². The minimum Gasteiger partial charge on any atom is -0.507 e. The molecule has 2 aromatic carbocycles. The highest BCUT2D eigenvalue weighted by Gasteiger charge is 2.28. The summed E-state index contributed by atoms with van der Waals surface area (Å²) in [6, 6.07) is 11.1. The van der Waals surface area contributed by atoms with E-state index in [-0.39, 0.29) is 17.1 Å². The smallest absolute Gasteiger partial charge is 0.291 e. The Morgan fingerprint density at radius 1 is 1.15 bits per heavy atom. The number of methoxy groups -OCH3 is 1. The number of nitrogens with one attached hydrogen (secondary N) is 2. The SMILES string of the molecule is COc1ccc(Cl)cc1NC(=O)c1oc2c(c1C)/C(=N/NC(=O)c1ccccc1O)CCC2. The fourth-order valence-electron chi connectivity index (χ4n) is 3.80. The highest BCUT2D eigenvalue weighted by atomic mass is 35.5. The van der Waals surface area contributed by atoms with E-state index in [4.69, 9.17) is 20.8 Å². The van der Waals surface area contributed by atoms with Crippen LogP contribution < -0.4 is 15.5 Å². The molecule has 1 aliphatic rings. The molecule has 2 amide bonds. The predicted molar refractivity (Wildman–Crippen MR) is 124 cm³/mol. The second kappa shape index (κ2) is 9.38. The van der Waals surface area contributed by atoms with E-state index in [0.29, 0.717) is 51.9 Å². The zero-order valence-electron chi connectivity index (χ0n) is 18.1. The Hall–Kier alpha value is -3.78. The Morgan fingerprint density at radius 3 is 2.70 bits per heavy atom. The van der Waals surface area contributed by atoms with E-state index >= 15 is 0 Å². The third-order valence-electron chi connectivity index (χ3n) is 5.38. The highest BCUT2D eigenvalue weighted by Crippen LogP contribution is 2.32. The van der Waals surface area contributed by atoms with Crippen LogP contribution in [0.5, 0.6) is 11.5 Å². The van der Waals surface area contributed by atoms with Gasteiger partial charge in [-0.15, -0.1) is 0 Å². The van der Waals surface area contributed by atoms with Crippen LogP contribution in [0.4, 0.5) is 5.69 Å². The van der Waals surface area contributed by atoms with Gasteiger partial charge < -0.3 is 19.6 Å². The number of carbonyl (C=O) groups is 2. The number of fused-ring (bicyclic) bond motifs is 1. The van der Waals surface area contributed by atoms with Gasteiger partial charge in [-0.1, -0.05) is 23.7 Å². The number of carbonyl (C=O) groups excluding carboxylic acids is 2. The average molecular weight is 468 g/mol. The molecule has 1 aromatic heterocycles. The molecule has 4 rings (SSSR count). The summed E-state index contributed by atoms with van der Waals surface area (Å²) in [5, 5.41) is 17.4. The molecule has 1 heterocycles. The zero-order valence-corrected chi connectivity index (χ0v) is 18.8. The summed E-state index contributed by atoms with van der Waals surface area (Å²) in [4.78, 5) is 25.4. The van der Waals surface area contributed by atoms with E-state index < -0.39 is 11.8 Å². The van der Waals surface area contributed by atoms with Crippen molar-refractivity contribution in [2.45, 2.75) is 26.2 Å². The zero-order chi connectivity index (χ0) is 23.5. The lowest BCUT2D eigenvalue weighted by molar-refractivity contribution is 0.0950. The fourth-order valence-corrected chi connectivity index (χ4v) is 3.97. The summed E-state index contributed by atoms with van der Waals surface area (Å²) in [6.45, 7) is 1.78. The van der Waals surface area contributed by atoms with Crippen molar-refractivity contribution < 1.29 is 23.8 Å². The second-order valence-electron chi connectivity index (χ2n) is 7.52. The van der Waals surface area contributed by atoms with E-state index in [2.05, 4.69) is 15.8 Å². The second-order valence-corrected chi connectivity index (χ2v) is 7.96. The molecular formula is C24H22ClN3O5. The van der Waals surface area contributed by atoms with E-state index in [1.54, 1.807) is 37.3 Å². The van der Waals surface area contributed by atoms with Gasteiger partial charge in [0.25, 0.3) is 11.8 Å². The number of ether oxygens (including phenoxy) is 1. The molecule has 0 bridgehead atoms. The van der Waals surface area contributed by atoms with Gasteiger partial charge in [0.05, 0.1) is 24.1 Å². The Bertz CT molecular complexity index is 1260. The molecular weight excluding hydrogens is 446 g/mol. The number of amides is 2. The van der Waals surface area contributed by atoms with Crippen LogP contribution in [-0.2, 0) is 6.42 Å². The third-order valence-corrected chi connectivity index (χ3v) is 5.62. The number of phenolic OH excluding ortho intramolecular Hbond substituents is 1. The molecule has 3 aromatic rings. The van der Waals surface area contributed by atoms with Gasteiger partial charge in [0, 0.05) is 22.6 Å². The lowest BCUT2D eigenvalue weighted by Crippen LogP contribution is -2.22. The predicted octanol–water partition coefficient (Wildman–Crippen LogP) is 4.68. The van der Waals surface area contributed by atoms with Crippen LogP contribution in [0.3, 0.4) is 0 Å². The number of hydrazone groups is 1. The first kappa shape index (κ1) is 22.4. The summed E-state index contributed by atoms with van der Waals surface area (Å²) >= 11 is 6.05. The molecule has 0 radical (unpaired) electrons. The number of hydrogen-bond acceptors (Lipinski definition) is 6. The van der Waals surface area contributed by atoms with Crippen molar-refractivity contribution in [3.63, 3.8) is 0 Å². The number of halogens is 1. The van der Waals surface area contributed by atoms with Gasteiger partial charge in [-0.05, 0) is 50.1 Å². The maximum atomic E-state index is 13.0. The van der Waals surface area contributed by atoms with Gasteiger partial charge >= 0.3 is 0 Å². The monoisotopic (exact) mass is 467 g/mol. The Balaban J connectivity index is 1.59. The topological polar surface area (TPSA) is 113 Å². The summed E-state index contributed by atoms with van der Waals surface area (Å²) in [5.41, 5.74) is 4.98. The average Bonchev–Trinajstić information content (AvgIpc) is 3.15. The van der Waals surface area contributed by atoms with Crippen molar-refractivity contribution in [3.8, 4) is 11.5 Å². The van der Waals surface area contributed by atoms with Crippen molar-refractivity contribution in [2.24, 2.45) is 5.10 Å². The number of rotatable bonds is 5. The molecule has 1 aliphatic carbocycles. The first-order valence-electron chi connectivity index (χ1n) is 10.3. The van der Waals surface area contributed by atoms with Crippen molar-refractivity contribution in [1.29, 1.82) is 0 Å². The van der Waals surface area contributed by atoms with E-state index in [9.17, 15) is 14.7 Å². The molecule has 0 unspecified atom stereocenters. The van der Waals surface area contributed by atoms with Crippen LogP contribution in [0.25, 0.3) is 0 Å². The number of nitrogens with zero attached hydrogens (tertiary/aromatic N) is 1. The van der Waals surface area contributed by atoms with Gasteiger partial charge in [-0.2, -0.15) is 5.10 Å². The summed E-state index contributed by atoms with van der Waals surface area (Å²) in [5.74, 6) is 0.159. The van der Waals surface area contributed by atoms with Gasteiger partial charge in [-0.25, -0.2) is 5.43 Å². The number of anilines is 1. The Morgan fingerprint density at radius 2 is 1.94 bits per heavy atom. The number of phenols is 1. The number of hydrogen-bond donors (Lipinski definition) is 3. The molecule has 8 nitrogen and oxygen atoms in total. The van der Waals surface area contributed by atoms with Crippen LogP contribution in [0, 0.1) is 6.92 Å². The minimum atomic E-state index is -0.528. The molecule has 3 N–H and O–H groups in total. The van der Waals surface area contributed by atoms with Crippen molar-refractivity contribution in [1.82, 2.24) is 5.43 Å². The summed E-state index contributed by atoms with van der Waals surface area (Å²) in [6.07, 6.45) is 2.02. The van der Waals surface area contributed by atoms with Crippen LogP contribution in [0.1, 0.15) is 50.6 Å². The maximum Gasteiger partial charge on any atom is 0.291 e. The molecule has 170 valence electrons. The molecule has 33 heavy (non-hydrogen) atoms. The Labute approximate surface area is 195 Å². The van der Waals surface area contributed by atoms with E-state index in [1.165, 1.54) is 19.2 Å². The number of aromatic hydroxyl groups is 1. The van der Waals surface area contributed by atoms with Crippen LogP contribution in [-0.4, -0.2) is 29.7 Å². The van der Waals surface area contributed by atoms with Crippen LogP contribution in [0.15, 0.2) is 52.0 Å². The fraction of sp³-hybridized carbons (Fsp3) is 0.208. The molecule has 0 spiro atoms. The lowest BCUT2D eigenvalue weighted by Gasteiger charge is -2.13. The van der Waals surface area contributed by atoms with Crippen LogP contribution >= 0.6 is 11.6 Å². The van der Waals surface area contributed by atoms with E-state index in [0.717, 1.165) is 6.42 Å². The normalized spacial score (nSPS) is 14.0. The third kappa shape index (κ3) is 4.56. The van der Waals surface area contributed by atoms with Gasteiger partial charge in [0.2, 0.25) is 0 Å². The summed E-state index contributed by atoms with van der Waals surface area (Å²) in [7, 11) is 1.50. The quantitative estimate of drug-likeness (QED) is 0.471. The van der Waals surface area contributed by atoms with Crippen molar-refractivity contribution in [2.75, 3.05) is 12.4 Å². The molecule has 0 atom stereocenters. The molecule has 9 heteroatoms. The first-order chi connectivity index (χ1) is 15.9.